The fourth-order valence-corrected chi connectivity index (χ4v) is 5.18. The molecule has 3 aromatic rings. The lowest BCUT2D eigenvalue weighted by atomic mass is 9.94. The van der Waals surface area contributed by atoms with Crippen molar-refractivity contribution in [1.82, 2.24) is 34.7 Å². The van der Waals surface area contributed by atoms with Gasteiger partial charge in [-0.05, 0) is 23.3 Å². The summed E-state index contributed by atoms with van der Waals surface area (Å²) in [5.74, 6) is 0.339. The number of nitrogens with zero attached hydrogens (tertiary/aromatic N) is 6. The van der Waals surface area contributed by atoms with E-state index >= 15 is 0 Å². The monoisotopic (exact) mass is 527 g/mol. The SMILES string of the molecule is [B]c1cccc(CNC(=O)N2C3CN(Cc4nccn4C)C(=O)[C@H](Cc4ccc(O)cc4)N3C(=O)CN2C)c1. The molecule has 3 heterocycles. The van der Waals surface area contributed by atoms with Crippen molar-refractivity contribution < 1.29 is 19.5 Å². The Kier molecular flexibility index (Phi) is 7.29. The fraction of sp³-hybridized carbons (Fsp3) is 0.333. The van der Waals surface area contributed by atoms with Crippen LogP contribution in [0.15, 0.2) is 60.9 Å². The maximum absolute atomic E-state index is 13.8. The molecule has 11 nitrogen and oxygen atoms in total. The number of amides is 4. The molecular weight excluding hydrogens is 497 g/mol. The van der Waals surface area contributed by atoms with Crippen LogP contribution in [0.1, 0.15) is 17.0 Å². The second-order valence-corrected chi connectivity index (χ2v) is 9.91. The molecule has 0 bridgehead atoms. The van der Waals surface area contributed by atoms with Crippen molar-refractivity contribution in [2.24, 2.45) is 7.05 Å². The van der Waals surface area contributed by atoms with Gasteiger partial charge in [0.2, 0.25) is 11.8 Å². The molecule has 0 saturated carbocycles. The number of aromatic nitrogens is 2. The molecule has 1 aromatic heterocycles. The number of carbonyl (C=O) groups is 3. The van der Waals surface area contributed by atoms with Crippen LogP contribution < -0.4 is 10.8 Å². The Morgan fingerprint density at radius 2 is 1.90 bits per heavy atom. The quantitative estimate of drug-likeness (QED) is 0.440. The summed E-state index contributed by atoms with van der Waals surface area (Å²) in [5.41, 5.74) is 2.23. The molecule has 5 rings (SSSR count). The molecule has 2 saturated heterocycles. The number of urea groups is 1. The summed E-state index contributed by atoms with van der Waals surface area (Å²) in [6.45, 7) is 0.553. The highest BCUT2D eigenvalue weighted by Gasteiger charge is 2.50. The van der Waals surface area contributed by atoms with E-state index in [1.807, 2.05) is 23.7 Å². The van der Waals surface area contributed by atoms with Gasteiger partial charge in [0.1, 0.15) is 31.6 Å². The van der Waals surface area contributed by atoms with Crippen LogP contribution in [0.25, 0.3) is 0 Å². The zero-order valence-corrected chi connectivity index (χ0v) is 21.9. The molecule has 4 amide bonds. The Bertz CT molecular complexity index is 1380. The van der Waals surface area contributed by atoms with E-state index in [4.69, 9.17) is 7.85 Å². The number of phenolic OH excluding ortho intramolecular Hbond substituents is 1. The molecule has 2 fully saturated rings. The smallest absolute Gasteiger partial charge is 0.334 e. The van der Waals surface area contributed by atoms with E-state index in [2.05, 4.69) is 10.3 Å². The number of nitrogens with one attached hydrogen (secondary N) is 1. The van der Waals surface area contributed by atoms with Gasteiger partial charge in [-0.25, -0.2) is 19.8 Å². The molecule has 2 aliphatic rings. The highest BCUT2D eigenvalue weighted by Crippen LogP contribution is 2.29. The molecule has 0 spiro atoms. The Labute approximate surface area is 228 Å². The van der Waals surface area contributed by atoms with E-state index < -0.39 is 18.2 Å². The topological polar surface area (TPSA) is 114 Å². The second kappa shape index (κ2) is 10.8. The largest absolute Gasteiger partial charge is 0.508 e. The molecule has 2 radical (unpaired) electrons. The highest BCUT2D eigenvalue weighted by molar-refractivity contribution is 6.32. The van der Waals surface area contributed by atoms with Crippen LogP contribution in [0, 0.1) is 0 Å². The summed E-state index contributed by atoms with van der Waals surface area (Å²) in [6.07, 6.45) is 2.98. The summed E-state index contributed by atoms with van der Waals surface area (Å²) in [6, 6.07) is 12.6. The van der Waals surface area contributed by atoms with Crippen LogP contribution in [0.2, 0.25) is 0 Å². The summed E-state index contributed by atoms with van der Waals surface area (Å²) in [5, 5.41) is 15.7. The Morgan fingerprint density at radius 3 is 2.59 bits per heavy atom. The van der Waals surface area contributed by atoms with E-state index in [9.17, 15) is 19.5 Å². The van der Waals surface area contributed by atoms with E-state index in [1.54, 1.807) is 65.7 Å². The molecule has 2 aliphatic heterocycles. The number of hydrogen-bond acceptors (Lipinski definition) is 6. The average molecular weight is 527 g/mol. The molecule has 2 atom stereocenters. The van der Waals surface area contributed by atoms with Gasteiger partial charge in [-0.3, -0.25) is 9.59 Å². The summed E-state index contributed by atoms with van der Waals surface area (Å²) < 4.78 is 1.84. The normalized spacial score (nSPS) is 19.8. The molecule has 12 heteroatoms. The third kappa shape index (κ3) is 5.46. The van der Waals surface area contributed by atoms with Crippen molar-refractivity contribution >= 4 is 31.2 Å². The molecule has 39 heavy (non-hydrogen) atoms. The number of hydrazine groups is 1. The van der Waals surface area contributed by atoms with Crippen molar-refractivity contribution in [3.8, 4) is 5.75 Å². The van der Waals surface area contributed by atoms with Gasteiger partial charge in [0.05, 0.1) is 19.6 Å². The average Bonchev–Trinajstić information content (AvgIpc) is 3.30. The minimum absolute atomic E-state index is 0.0546. The van der Waals surface area contributed by atoms with Gasteiger partial charge in [0.25, 0.3) is 0 Å². The van der Waals surface area contributed by atoms with Gasteiger partial charge in [0, 0.05) is 39.5 Å². The molecule has 2 aromatic carbocycles. The number of fused-ring (bicyclic) bond motifs is 1. The van der Waals surface area contributed by atoms with Crippen LogP contribution in [0.5, 0.6) is 5.75 Å². The van der Waals surface area contributed by atoms with E-state index in [0.717, 1.165) is 11.1 Å². The van der Waals surface area contributed by atoms with Crippen LogP contribution in [0.3, 0.4) is 0 Å². The van der Waals surface area contributed by atoms with Crippen LogP contribution in [-0.2, 0) is 36.1 Å². The number of aromatic hydroxyl groups is 1. The Morgan fingerprint density at radius 1 is 1.13 bits per heavy atom. The molecule has 0 aliphatic carbocycles. The van der Waals surface area contributed by atoms with Crippen molar-refractivity contribution in [1.29, 1.82) is 0 Å². The van der Waals surface area contributed by atoms with E-state index in [0.29, 0.717) is 11.3 Å². The summed E-state index contributed by atoms with van der Waals surface area (Å²) in [4.78, 5) is 48.3. The standard InChI is InChI=1S/C27H30BN7O4/c1-31-11-10-29-23(31)15-33-16-24-34(22(26(33)38)13-18-6-8-21(36)9-7-18)25(37)17-32(2)35(24)27(39)30-14-19-4-3-5-20(28)12-19/h3-12,22,24,36H,13-17H2,1-2H3,(H,30,39)/t22-,24?/m0/s1. The fourth-order valence-electron chi connectivity index (χ4n) is 5.18. The third-order valence-electron chi connectivity index (χ3n) is 7.16. The number of carbonyl (C=O) groups excluding carboxylic acids is 3. The number of hydrogen-bond donors (Lipinski definition) is 2. The molecule has 1 unspecified atom stereocenters. The van der Waals surface area contributed by atoms with Crippen LogP contribution in [0.4, 0.5) is 4.79 Å². The first kappa shape index (κ1) is 26.3. The highest BCUT2D eigenvalue weighted by atomic mass is 16.3. The van der Waals surface area contributed by atoms with Crippen LogP contribution >= 0.6 is 0 Å². The number of piperazine rings is 1. The summed E-state index contributed by atoms with van der Waals surface area (Å²) >= 11 is 0. The van der Waals surface area contributed by atoms with E-state index in [-0.39, 0.29) is 50.2 Å². The van der Waals surface area contributed by atoms with Crippen molar-refractivity contribution in [2.45, 2.75) is 31.7 Å². The van der Waals surface area contributed by atoms with E-state index in [1.165, 1.54) is 9.91 Å². The molecule has 2 N–H and O–H groups in total. The Balaban J connectivity index is 1.45. The van der Waals surface area contributed by atoms with Crippen molar-refractivity contribution in [3.05, 3.63) is 77.9 Å². The first-order valence-corrected chi connectivity index (χ1v) is 12.7. The maximum atomic E-state index is 13.8. The number of imidazole rings is 1. The number of rotatable bonds is 6. The lowest BCUT2D eigenvalue weighted by Crippen LogP contribution is -2.76. The predicted octanol–water partition coefficient (Wildman–Crippen LogP) is 0.0999. The van der Waals surface area contributed by atoms with Gasteiger partial charge < -0.3 is 24.8 Å². The van der Waals surface area contributed by atoms with Gasteiger partial charge in [-0.1, -0.05) is 41.9 Å². The molecular formula is C27H30BN7O4. The number of phenols is 1. The number of aryl methyl sites for hydroxylation is 1. The lowest BCUT2D eigenvalue weighted by Gasteiger charge is -2.54. The van der Waals surface area contributed by atoms with Gasteiger partial charge >= 0.3 is 6.03 Å². The number of likely N-dealkylation sites (N-methyl/N-ethyl adjacent to an activating group) is 1. The predicted molar refractivity (Wildman–Crippen MR) is 143 cm³/mol. The van der Waals surface area contributed by atoms with Gasteiger partial charge in [-0.2, -0.15) is 0 Å². The molecule has 200 valence electrons. The zero-order chi connectivity index (χ0) is 27.7. The van der Waals surface area contributed by atoms with Crippen molar-refractivity contribution in [2.75, 3.05) is 20.1 Å². The summed E-state index contributed by atoms with van der Waals surface area (Å²) in [7, 11) is 9.42. The van der Waals surface area contributed by atoms with Gasteiger partial charge in [0.15, 0.2) is 0 Å². The minimum Gasteiger partial charge on any atom is -0.508 e. The zero-order valence-electron chi connectivity index (χ0n) is 21.9. The first-order chi connectivity index (χ1) is 18.7. The lowest BCUT2D eigenvalue weighted by molar-refractivity contribution is -0.187. The third-order valence-corrected chi connectivity index (χ3v) is 7.16. The van der Waals surface area contributed by atoms with Gasteiger partial charge in [-0.15, -0.1) is 0 Å². The van der Waals surface area contributed by atoms with Crippen molar-refractivity contribution in [3.63, 3.8) is 0 Å². The second-order valence-electron chi connectivity index (χ2n) is 9.91. The number of benzene rings is 2. The Hall–Kier alpha value is -4.32. The van der Waals surface area contributed by atoms with Crippen LogP contribution in [-0.4, -0.2) is 92.5 Å². The minimum atomic E-state index is -0.834. The first-order valence-electron chi connectivity index (χ1n) is 12.7. The maximum Gasteiger partial charge on any atom is 0.334 e.